The molecule has 0 spiro atoms. The van der Waals surface area contributed by atoms with E-state index in [0.29, 0.717) is 17.4 Å². The number of halogens is 1. The van der Waals surface area contributed by atoms with Crippen LogP contribution in [0.2, 0.25) is 0 Å². The Labute approximate surface area is 201 Å². The number of hydrogen-bond acceptors (Lipinski definition) is 7. The molecule has 166 valence electrons. The van der Waals surface area contributed by atoms with Crippen LogP contribution in [-0.2, 0) is 4.79 Å². The summed E-state index contributed by atoms with van der Waals surface area (Å²) in [6.45, 7) is 0. The van der Waals surface area contributed by atoms with Crippen molar-refractivity contribution < 1.29 is 9.18 Å². The molecule has 0 bridgehead atoms. The predicted octanol–water partition coefficient (Wildman–Crippen LogP) is 5.71. The number of nitrogens with zero attached hydrogens (tertiary/aromatic N) is 4. The zero-order valence-electron chi connectivity index (χ0n) is 17.2. The van der Waals surface area contributed by atoms with Crippen LogP contribution in [0.25, 0.3) is 12.2 Å². The zero-order valence-corrected chi connectivity index (χ0v) is 19.7. The standard InChI is InChI=1S/C23H18FN5OS3/c24-16-8-5-15(6-9-16)7-10-21-25-23(27-26-21)33-14-22(30)29-18(20-4-2-12-32-20)13-17(28-29)19-3-1-11-31-19/h1-12,18H,13-14H2,(H,25,26,27)/b10-7+. The Balaban J connectivity index is 1.24. The fraction of sp³-hybridized carbons (Fsp3) is 0.130. The van der Waals surface area contributed by atoms with Gasteiger partial charge in [-0.3, -0.25) is 9.89 Å². The molecule has 1 N–H and O–H groups in total. The molecule has 0 aliphatic carbocycles. The van der Waals surface area contributed by atoms with Gasteiger partial charge in [-0.1, -0.05) is 42.1 Å². The second-order valence-corrected chi connectivity index (χ2v) is 10.0. The Kier molecular flexibility index (Phi) is 6.47. The molecule has 6 nitrogen and oxygen atoms in total. The highest BCUT2D eigenvalue weighted by atomic mass is 32.2. The smallest absolute Gasteiger partial charge is 0.253 e. The number of thioether (sulfide) groups is 1. The first kappa shape index (κ1) is 21.7. The topological polar surface area (TPSA) is 74.2 Å². The van der Waals surface area contributed by atoms with Crippen molar-refractivity contribution in [3.8, 4) is 0 Å². The van der Waals surface area contributed by atoms with Crippen molar-refractivity contribution in [1.82, 2.24) is 20.2 Å². The number of hydrogen-bond donors (Lipinski definition) is 1. The van der Waals surface area contributed by atoms with Crippen LogP contribution in [0.5, 0.6) is 0 Å². The third kappa shape index (κ3) is 5.13. The summed E-state index contributed by atoms with van der Waals surface area (Å²) in [6.07, 6.45) is 4.28. The fourth-order valence-electron chi connectivity index (χ4n) is 3.37. The van der Waals surface area contributed by atoms with Crippen LogP contribution in [0.4, 0.5) is 4.39 Å². The van der Waals surface area contributed by atoms with Crippen LogP contribution < -0.4 is 0 Å². The van der Waals surface area contributed by atoms with Crippen molar-refractivity contribution in [2.75, 3.05) is 5.75 Å². The van der Waals surface area contributed by atoms with E-state index in [1.54, 1.807) is 45.9 Å². The van der Waals surface area contributed by atoms with Gasteiger partial charge in [0.2, 0.25) is 5.16 Å². The third-order valence-corrected chi connectivity index (χ3v) is 7.68. The number of H-pyrrole nitrogens is 1. The van der Waals surface area contributed by atoms with Crippen LogP contribution in [-0.4, -0.2) is 37.6 Å². The predicted molar refractivity (Wildman–Crippen MR) is 132 cm³/mol. The molecular weight excluding hydrogens is 477 g/mol. The van der Waals surface area contributed by atoms with Crippen molar-refractivity contribution in [1.29, 1.82) is 0 Å². The summed E-state index contributed by atoms with van der Waals surface area (Å²) in [6, 6.07) is 14.2. The monoisotopic (exact) mass is 495 g/mol. The molecule has 4 heterocycles. The molecular formula is C23H18FN5OS3. The number of carbonyl (C=O) groups excluding carboxylic acids is 1. The first-order valence-corrected chi connectivity index (χ1v) is 12.9. The molecule has 10 heteroatoms. The molecule has 5 rings (SSSR count). The lowest BCUT2D eigenvalue weighted by Crippen LogP contribution is -2.28. The van der Waals surface area contributed by atoms with Crippen molar-refractivity contribution >= 4 is 58.2 Å². The van der Waals surface area contributed by atoms with Crippen molar-refractivity contribution in [3.63, 3.8) is 0 Å². The van der Waals surface area contributed by atoms with Gasteiger partial charge in [-0.2, -0.15) is 5.10 Å². The van der Waals surface area contributed by atoms with E-state index in [-0.39, 0.29) is 23.5 Å². The van der Waals surface area contributed by atoms with Gasteiger partial charge in [0.25, 0.3) is 5.91 Å². The van der Waals surface area contributed by atoms with E-state index in [9.17, 15) is 9.18 Å². The number of aromatic amines is 1. The highest BCUT2D eigenvalue weighted by molar-refractivity contribution is 7.99. The molecule has 0 saturated carbocycles. The summed E-state index contributed by atoms with van der Waals surface area (Å²) in [5.74, 6) is 0.381. The molecule has 1 aliphatic rings. The van der Waals surface area contributed by atoms with Gasteiger partial charge in [0.15, 0.2) is 0 Å². The number of nitrogens with one attached hydrogen (secondary N) is 1. The Hall–Kier alpha value is -3.08. The van der Waals surface area contributed by atoms with E-state index in [0.717, 1.165) is 21.0 Å². The molecule has 1 aliphatic heterocycles. The summed E-state index contributed by atoms with van der Waals surface area (Å²) in [5, 5.41) is 17.8. The van der Waals surface area contributed by atoms with Gasteiger partial charge in [-0.05, 0) is 46.7 Å². The van der Waals surface area contributed by atoms with Gasteiger partial charge in [-0.25, -0.2) is 14.4 Å². The molecule has 0 radical (unpaired) electrons. The van der Waals surface area contributed by atoms with Gasteiger partial charge in [0, 0.05) is 11.3 Å². The number of hydrazone groups is 1. The van der Waals surface area contributed by atoms with Crippen molar-refractivity contribution in [2.24, 2.45) is 5.10 Å². The highest BCUT2D eigenvalue weighted by Gasteiger charge is 2.34. The molecule has 33 heavy (non-hydrogen) atoms. The summed E-state index contributed by atoms with van der Waals surface area (Å²) >= 11 is 4.53. The Morgan fingerprint density at radius 1 is 1.15 bits per heavy atom. The van der Waals surface area contributed by atoms with E-state index >= 15 is 0 Å². The second-order valence-electron chi connectivity index (χ2n) is 7.17. The largest absolute Gasteiger partial charge is 0.272 e. The summed E-state index contributed by atoms with van der Waals surface area (Å²) in [5.41, 5.74) is 1.79. The molecule has 1 aromatic carbocycles. The van der Waals surface area contributed by atoms with Crippen LogP contribution >= 0.6 is 34.4 Å². The first-order valence-electron chi connectivity index (χ1n) is 10.1. The molecule has 3 aromatic heterocycles. The molecule has 0 saturated heterocycles. The number of amides is 1. The zero-order chi connectivity index (χ0) is 22.6. The lowest BCUT2D eigenvalue weighted by molar-refractivity contribution is -0.130. The van der Waals surface area contributed by atoms with E-state index < -0.39 is 0 Å². The lowest BCUT2D eigenvalue weighted by atomic mass is 10.1. The van der Waals surface area contributed by atoms with Crippen molar-refractivity contribution in [3.05, 3.63) is 86.3 Å². The summed E-state index contributed by atoms with van der Waals surface area (Å²) in [7, 11) is 0. The first-order chi connectivity index (χ1) is 16.2. The van der Waals surface area contributed by atoms with Gasteiger partial charge in [0.1, 0.15) is 11.6 Å². The van der Waals surface area contributed by atoms with E-state index in [1.807, 2.05) is 41.1 Å². The van der Waals surface area contributed by atoms with Gasteiger partial charge in [0.05, 0.1) is 22.4 Å². The maximum absolute atomic E-state index is 13.1. The minimum Gasteiger partial charge on any atom is -0.272 e. The average Bonchev–Trinajstić information content (AvgIpc) is 3.63. The van der Waals surface area contributed by atoms with Crippen LogP contribution in [0.1, 0.15) is 33.6 Å². The van der Waals surface area contributed by atoms with Gasteiger partial charge in [-0.15, -0.1) is 27.8 Å². The minimum atomic E-state index is -0.277. The SMILES string of the molecule is O=C(CSc1n[nH]c(/C=C/c2ccc(F)cc2)n1)N1N=C(c2cccs2)CC1c1cccs1. The van der Waals surface area contributed by atoms with Crippen LogP contribution in [0.15, 0.2) is 69.5 Å². The summed E-state index contributed by atoms with van der Waals surface area (Å²) < 4.78 is 13.0. The normalized spacial score (nSPS) is 16.0. The Bertz CT molecular complexity index is 1280. The van der Waals surface area contributed by atoms with Crippen LogP contribution in [0.3, 0.4) is 0 Å². The molecule has 1 amide bonds. The minimum absolute atomic E-state index is 0.0850. The van der Waals surface area contributed by atoms with E-state index in [4.69, 9.17) is 0 Å². The molecule has 4 aromatic rings. The maximum atomic E-state index is 13.1. The molecule has 1 atom stereocenters. The fourth-order valence-corrected chi connectivity index (χ4v) is 5.56. The maximum Gasteiger partial charge on any atom is 0.253 e. The summed E-state index contributed by atoms with van der Waals surface area (Å²) in [4.78, 5) is 19.7. The number of benzene rings is 1. The average molecular weight is 496 g/mol. The molecule has 1 unspecified atom stereocenters. The number of aromatic nitrogens is 3. The quantitative estimate of drug-likeness (QED) is 0.334. The number of rotatable bonds is 7. The van der Waals surface area contributed by atoms with Crippen molar-refractivity contribution in [2.45, 2.75) is 17.6 Å². The number of carbonyl (C=O) groups is 1. The second kappa shape index (κ2) is 9.82. The van der Waals surface area contributed by atoms with Gasteiger partial charge < -0.3 is 0 Å². The van der Waals surface area contributed by atoms with Crippen LogP contribution in [0, 0.1) is 5.82 Å². The Morgan fingerprint density at radius 2 is 1.97 bits per heavy atom. The van der Waals surface area contributed by atoms with E-state index in [1.165, 1.54) is 23.9 Å². The molecule has 0 fully saturated rings. The van der Waals surface area contributed by atoms with E-state index in [2.05, 4.69) is 20.3 Å². The lowest BCUT2D eigenvalue weighted by Gasteiger charge is -2.20. The Morgan fingerprint density at radius 3 is 2.73 bits per heavy atom. The highest BCUT2D eigenvalue weighted by Crippen LogP contribution is 2.36. The van der Waals surface area contributed by atoms with Gasteiger partial charge >= 0.3 is 0 Å². The number of thiophene rings is 2. The third-order valence-electron chi connectivity index (χ3n) is 4.95.